The maximum atomic E-state index is 10.8. The van der Waals surface area contributed by atoms with E-state index >= 15 is 0 Å². The Balaban J connectivity index is 0.00000225. The molecule has 0 radical (unpaired) electrons. The Morgan fingerprint density at radius 2 is 2.06 bits per heavy atom. The molecule has 0 aliphatic carbocycles. The lowest BCUT2D eigenvalue weighted by Crippen LogP contribution is -2.21. The van der Waals surface area contributed by atoms with E-state index in [9.17, 15) is 9.90 Å². The van der Waals surface area contributed by atoms with Crippen LogP contribution in [0.5, 0.6) is 5.75 Å². The number of aromatic carboxylic acids is 1. The molecule has 0 amide bonds. The zero-order valence-corrected chi connectivity index (χ0v) is 10.6. The third-order valence-corrected chi connectivity index (χ3v) is 2.60. The van der Waals surface area contributed by atoms with Gasteiger partial charge in [0.05, 0.1) is 10.0 Å². The highest BCUT2D eigenvalue weighted by atomic mass is 79.9. The van der Waals surface area contributed by atoms with Crippen molar-refractivity contribution in [3.05, 3.63) is 27.7 Å². The van der Waals surface area contributed by atoms with Crippen LogP contribution in [0, 0.1) is 0 Å². The van der Waals surface area contributed by atoms with Crippen molar-refractivity contribution in [1.82, 2.24) is 0 Å². The number of halogens is 2. The van der Waals surface area contributed by atoms with Crippen LogP contribution in [0.3, 0.4) is 0 Å². The molecule has 0 spiro atoms. The average Bonchev–Trinajstić information content (AvgIpc) is 2.20. The van der Waals surface area contributed by atoms with Crippen molar-refractivity contribution in [3.8, 4) is 5.75 Å². The van der Waals surface area contributed by atoms with Gasteiger partial charge in [-0.1, -0.05) is 0 Å². The zero-order valence-electron chi connectivity index (χ0n) is 8.18. The predicted molar refractivity (Wildman–Crippen MR) is 66.0 cm³/mol. The molecule has 0 bridgehead atoms. The Bertz CT molecular complexity index is 401. The van der Waals surface area contributed by atoms with Crippen LogP contribution in [0.4, 0.5) is 0 Å². The fourth-order valence-corrected chi connectivity index (χ4v) is 1.63. The number of carboxylic acid groups (broad SMARTS) is 1. The minimum Gasteiger partial charge on any atom is -0.506 e. The quantitative estimate of drug-likeness (QED) is 0.671. The summed E-state index contributed by atoms with van der Waals surface area (Å²) in [4.78, 5) is 10.8. The van der Waals surface area contributed by atoms with E-state index in [0.717, 1.165) is 0 Å². The fourth-order valence-electron chi connectivity index (χ4n) is 1.15. The van der Waals surface area contributed by atoms with Crippen molar-refractivity contribution < 1.29 is 15.0 Å². The number of nitrogens with two attached hydrogens (primary N) is 2. The van der Waals surface area contributed by atoms with E-state index in [-0.39, 0.29) is 30.3 Å². The highest BCUT2D eigenvalue weighted by molar-refractivity contribution is 9.10. The molecule has 1 aromatic rings. The number of phenols is 1. The summed E-state index contributed by atoms with van der Waals surface area (Å²) in [6.45, 7) is 0.128. The first kappa shape index (κ1) is 15.2. The van der Waals surface area contributed by atoms with E-state index in [1.54, 1.807) is 0 Å². The summed E-state index contributed by atoms with van der Waals surface area (Å²) in [7, 11) is 0. The number of carbonyl (C=O) groups is 1. The molecule has 0 saturated heterocycles. The first-order valence-corrected chi connectivity index (χ1v) is 4.98. The first-order chi connectivity index (χ1) is 6.97. The third-order valence-electron chi connectivity index (χ3n) is 1.99. The number of rotatable bonds is 3. The Morgan fingerprint density at radius 3 is 2.50 bits per heavy atom. The zero-order chi connectivity index (χ0) is 11.6. The minimum atomic E-state index is -1.08. The second-order valence-corrected chi connectivity index (χ2v) is 3.90. The monoisotopic (exact) mass is 310 g/mol. The molecule has 0 saturated carbocycles. The summed E-state index contributed by atoms with van der Waals surface area (Å²) in [5, 5.41) is 18.4. The van der Waals surface area contributed by atoms with E-state index in [1.165, 1.54) is 12.1 Å². The largest absolute Gasteiger partial charge is 0.506 e. The van der Waals surface area contributed by atoms with Gasteiger partial charge in [-0.2, -0.15) is 0 Å². The predicted octanol–water partition coefficient (Wildman–Crippen LogP) is 1.23. The first-order valence-electron chi connectivity index (χ1n) is 4.18. The Morgan fingerprint density at radius 1 is 1.50 bits per heavy atom. The number of benzene rings is 1. The number of phenolic OH excluding ortho intramolecular Hbond substituents is 1. The SMILES string of the molecule is Cl.NC[C@@H](N)c1cc(C(=O)O)cc(Br)c1O. The van der Waals surface area contributed by atoms with Gasteiger partial charge in [0.1, 0.15) is 5.75 Å². The minimum absolute atomic E-state index is 0. The molecule has 6 N–H and O–H groups in total. The van der Waals surface area contributed by atoms with Gasteiger partial charge in [-0.05, 0) is 28.1 Å². The summed E-state index contributed by atoms with van der Waals surface area (Å²) in [6.07, 6.45) is 0. The molecule has 0 aliphatic rings. The van der Waals surface area contributed by atoms with Crippen molar-refractivity contribution in [2.45, 2.75) is 6.04 Å². The molecule has 5 nitrogen and oxygen atoms in total. The summed E-state index contributed by atoms with van der Waals surface area (Å²) >= 11 is 3.05. The van der Waals surface area contributed by atoms with E-state index in [4.69, 9.17) is 16.6 Å². The van der Waals surface area contributed by atoms with Crippen molar-refractivity contribution in [2.24, 2.45) is 11.5 Å². The second-order valence-electron chi connectivity index (χ2n) is 3.04. The lowest BCUT2D eigenvalue weighted by Gasteiger charge is -2.13. The molecule has 1 atom stereocenters. The van der Waals surface area contributed by atoms with Crippen LogP contribution < -0.4 is 11.5 Å². The molecule has 0 fully saturated rings. The van der Waals surface area contributed by atoms with E-state index in [1.807, 2.05) is 0 Å². The highest BCUT2D eigenvalue weighted by Gasteiger charge is 2.16. The Labute approximate surface area is 107 Å². The number of aromatic hydroxyl groups is 1. The number of hydrogen-bond donors (Lipinski definition) is 4. The summed E-state index contributed by atoms with van der Waals surface area (Å²) < 4.78 is 0.293. The van der Waals surface area contributed by atoms with Crippen LogP contribution in [-0.2, 0) is 0 Å². The second kappa shape index (κ2) is 6.05. The van der Waals surface area contributed by atoms with E-state index in [2.05, 4.69) is 15.9 Å². The molecule has 1 rings (SSSR count). The summed E-state index contributed by atoms with van der Waals surface area (Å²) in [5.41, 5.74) is 11.4. The molecule has 0 aromatic heterocycles. The standard InChI is InChI=1S/C9H11BrN2O3.ClH/c10-6-2-4(9(14)15)1-5(8(6)13)7(12)3-11;/h1-2,7,13H,3,11-12H2,(H,14,15);1H/t7-;/m1./s1. The lowest BCUT2D eigenvalue weighted by atomic mass is 10.0. The third kappa shape index (κ3) is 3.08. The molecule has 1 aromatic carbocycles. The van der Waals surface area contributed by atoms with Crippen LogP contribution in [0.15, 0.2) is 16.6 Å². The highest BCUT2D eigenvalue weighted by Crippen LogP contribution is 2.32. The van der Waals surface area contributed by atoms with Crippen LogP contribution >= 0.6 is 28.3 Å². The van der Waals surface area contributed by atoms with Crippen molar-refractivity contribution in [1.29, 1.82) is 0 Å². The van der Waals surface area contributed by atoms with Gasteiger partial charge in [-0.3, -0.25) is 0 Å². The number of hydrogen-bond acceptors (Lipinski definition) is 4. The Kier molecular flexibility index (Phi) is 5.74. The van der Waals surface area contributed by atoms with Gasteiger partial charge in [0.25, 0.3) is 0 Å². The fraction of sp³-hybridized carbons (Fsp3) is 0.222. The molecular formula is C9H12BrClN2O3. The molecular weight excluding hydrogens is 299 g/mol. The van der Waals surface area contributed by atoms with Gasteiger partial charge in [0, 0.05) is 18.2 Å². The van der Waals surface area contributed by atoms with Gasteiger partial charge in [-0.25, -0.2) is 4.79 Å². The van der Waals surface area contributed by atoms with Crippen LogP contribution in [0.25, 0.3) is 0 Å². The van der Waals surface area contributed by atoms with Gasteiger partial charge in [0.15, 0.2) is 0 Å². The number of carboxylic acids is 1. The molecule has 7 heteroatoms. The normalized spacial score (nSPS) is 11.7. The van der Waals surface area contributed by atoms with Gasteiger partial charge in [-0.15, -0.1) is 12.4 Å². The Hall–Kier alpha value is -0.820. The van der Waals surface area contributed by atoms with Crippen molar-refractivity contribution >= 4 is 34.3 Å². The van der Waals surface area contributed by atoms with Crippen LogP contribution in [0.1, 0.15) is 22.0 Å². The summed E-state index contributed by atoms with van der Waals surface area (Å²) in [6, 6.07) is 2.05. The molecule has 16 heavy (non-hydrogen) atoms. The van der Waals surface area contributed by atoms with Gasteiger partial charge >= 0.3 is 5.97 Å². The maximum Gasteiger partial charge on any atom is 0.335 e. The molecule has 90 valence electrons. The van der Waals surface area contributed by atoms with Gasteiger partial charge in [0.2, 0.25) is 0 Å². The van der Waals surface area contributed by atoms with Crippen LogP contribution in [-0.4, -0.2) is 22.7 Å². The van der Waals surface area contributed by atoms with E-state index in [0.29, 0.717) is 10.0 Å². The topological polar surface area (TPSA) is 110 Å². The molecule has 0 unspecified atom stereocenters. The molecule has 0 aliphatic heterocycles. The summed E-state index contributed by atoms with van der Waals surface area (Å²) in [5.74, 6) is -1.15. The van der Waals surface area contributed by atoms with Crippen molar-refractivity contribution in [2.75, 3.05) is 6.54 Å². The van der Waals surface area contributed by atoms with E-state index < -0.39 is 12.0 Å². The molecule has 0 heterocycles. The van der Waals surface area contributed by atoms with Gasteiger partial charge < -0.3 is 21.7 Å². The van der Waals surface area contributed by atoms with Crippen LogP contribution in [0.2, 0.25) is 0 Å². The maximum absolute atomic E-state index is 10.8. The smallest absolute Gasteiger partial charge is 0.335 e. The van der Waals surface area contributed by atoms with Crippen molar-refractivity contribution in [3.63, 3.8) is 0 Å². The average molecular weight is 312 g/mol. The lowest BCUT2D eigenvalue weighted by molar-refractivity contribution is 0.0696.